The van der Waals surface area contributed by atoms with Crippen LogP contribution in [-0.4, -0.2) is 19.2 Å². The molecule has 130 valence electrons. The van der Waals surface area contributed by atoms with Crippen LogP contribution in [0.3, 0.4) is 0 Å². The van der Waals surface area contributed by atoms with Gasteiger partial charge in [-0.15, -0.1) is 0 Å². The maximum Gasteiger partial charge on any atom is 0.243 e. The number of hydrogen-bond acceptors (Lipinski definition) is 3. The van der Waals surface area contributed by atoms with E-state index in [1.807, 2.05) is 18.2 Å². The van der Waals surface area contributed by atoms with E-state index in [0.29, 0.717) is 6.54 Å². The van der Waals surface area contributed by atoms with E-state index >= 15 is 0 Å². The van der Waals surface area contributed by atoms with Crippen LogP contribution in [0.5, 0.6) is 11.5 Å². The molecule has 0 radical (unpaired) electrons. The van der Waals surface area contributed by atoms with Gasteiger partial charge in [0.05, 0.1) is 0 Å². The van der Waals surface area contributed by atoms with Gasteiger partial charge in [0.15, 0.2) is 11.5 Å². The van der Waals surface area contributed by atoms with Crippen molar-refractivity contribution >= 4 is 12.0 Å². The highest BCUT2D eigenvalue weighted by Gasteiger charge is 2.12. The van der Waals surface area contributed by atoms with Gasteiger partial charge in [0, 0.05) is 12.6 Å². The second-order valence-corrected chi connectivity index (χ2v) is 6.27. The molecule has 0 bridgehead atoms. The minimum Gasteiger partial charge on any atom is -0.454 e. The third-order valence-corrected chi connectivity index (χ3v) is 4.24. The minimum atomic E-state index is -0.0849. The second kappa shape index (κ2) is 7.88. The van der Waals surface area contributed by atoms with E-state index < -0.39 is 0 Å². The molecule has 0 spiro atoms. The van der Waals surface area contributed by atoms with Crippen LogP contribution in [0.1, 0.15) is 28.7 Å². The van der Waals surface area contributed by atoms with Gasteiger partial charge in [-0.25, -0.2) is 0 Å². The van der Waals surface area contributed by atoms with Crippen molar-refractivity contribution in [2.45, 2.75) is 26.7 Å². The lowest BCUT2D eigenvalue weighted by molar-refractivity contribution is -0.116. The van der Waals surface area contributed by atoms with E-state index in [4.69, 9.17) is 9.47 Å². The molecule has 0 aliphatic carbocycles. The first-order valence-corrected chi connectivity index (χ1v) is 8.53. The number of carbonyl (C=O) groups is 1. The van der Waals surface area contributed by atoms with Crippen molar-refractivity contribution < 1.29 is 14.3 Å². The monoisotopic (exact) mass is 337 g/mol. The van der Waals surface area contributed by atoms with Gasteiger partial charge in [-0.2, -0.15) is 0 Å². The fraction of sp³-hybridized carbons (Fsp3) is 0.286. The molecule has 3 rings (SSSR count). The third kappa shape index (κ3) is 4.63. The first kappa shape index (κ1) is 17.1. The fourth-order valence-electron chi connectivity index (χ4n) is 2.86. The number of ether oxygens (including phenoxy) is 2. The molecule has 0 aromatic heterocycles. The summed E-state index contributed by atoms with van der Waals surface area (Å²) in [5.41, 5.74) is 4.85. The summed E-state index contributed by atoms with van der Waals surface area (Å²) in [6, 6.07) is 12.1. The Morgan fingerprint density at radius 3 is 2.80 bits per heavy atom. The molecule has 0 saturated heterocycles. The molecule has 1 amide bonds. The fourth-order valence-corrected chi connectivity index (χ4v) is 2.86. The zero-order chi connectivity index (χ0) is 17.6. The maximum atomic E-state index is 11.9. The predicted molar refractivity (Wildman–Crippen MR) is 98.8 cm³/mol. The van der Waals surface area contributed by atoms with Crippen molar-refractivity contribution in [3.63, 3.8) is 0 Å². The minimum absolute atomic E-state index is 0.0849. The summed E-state index contributed by atoms with van der Waals surface area (Å²) in [7, 11) is 0. The topological polar surface area (TPSA) is 47.6 Å². The van der Waals surface area contributed by atoms with E-state index in [1.54, 1.807) is 12.2 Å². The quantitative estimate of drug-likeness (QED) is 0.644. The molecule has 1 aliphatic rings. The molecule has 2 aromatic rings. The van der Waals surface area contributed by atoms with Gasteiger partial charge in [-0.1, -0.05) is 29.8 Å². The lowest BCUT2D eigenvalue weighted by Crippen LogP contribution is -2.22. The smallest absolute Gasteiger partial charge is 0.243 e. The Balaban J connectivity index is 1.43. The molecule has 1 aliphatic heterocycles. The second-order valence-electron chi connectivity index (χ2n) is 6.27. The highest BCUT2D eigenvalue weighted by molar-refractivity contribution is 5.91. The molecule has 4 nitrogen and oxygen atoms in total. The first-order valence-electron chi connectivity index (χ1n) is 8.53. The van der Waals surface area contributed by atoms with E-state index in [0.717, 1.165) is 29.9 Å². The van der Waals surface area contributed by atoms with Crippen LogP contribution >= 0.6 is 0 Å². The third-order valence-electron chi connectivity index (χ3n) is 4.24. The van der Waals surface area contributed by atoms with Gasteiger partial charge >= 0.3 is 0 Å². The molecule has 25 heavy (non-hydrogen) atoms. The standard InChI is InChI=1S/C21H23NO3/c1-15-5-8-18(16(2)12-15)4-3-11-22-21(23)10-7-17-6-9-19-20(13-17)25-14-24-19/h5-10,12-13H,3-4,11,14H2,1-2H3,(H,22,23)/b10-7+. The molecular weight excluding hydrogens is 314 g/mol. The average Bonchev–Trinajstić information content (AvgIpc) is 3.06. The molecule has 0 atom stereocenters. The zero-order valence-electron chi connectivity index (χ0n) is 14.7. The summed E-state index contributed by atoms with van der Waals surface area (Å²) in [6.45, 7) is 5.15. The van der Waals surface area contributed by atoms with Gasteiger partial charge in [0.2, 0.25) is 12.7 Å². The Morgan fingerprint density at radius 1 is 1.12 bits per heavy atom. The molecule has 1 heterocycles. The number of carbonyl (C=O) groups excluding carboxylic acids is 1. The zero-order valence-corrected chi connectivity index (χ0v) is 14.7. The van der Waals surface area contributed by atoms with Gasteiger partial charge in [0.1, 0.15) is 0 Å². The van der Waals surface area contributed by atoms with Crippen molar-refractivity contribution in [3.05, 3.63) is 64.7 Å². The Labute approximate surface area is 148 Å². The summed E-state index contributed by atoms with van der Waals surface area (Å²) in [5, 5.41) is 2.92. The molecular formula is C21H23NO3. The Hall–Kier alpha value is -2.75. The highest BCUT2D eigenvalue weighted by Crippen LogP contribution is 2.32. The van der Waals surface area contributed by atoms with Crippen LogP contribution in [0.25, 0.3) is 6.08 Å². The number of benzene rings is 2. The van der Waals surface area contributed by atoms with Crippen molar-refractivity contribution in [2.75, 3.05) is 13.3 Å². The van der Waals surface area contributed by atoms with E-state index in [2.05, 4.69) is 37.4 Å². The van der Waals surface area contributed by atoms with Crippen molar-refractivity contribution in [1.29, 1.82) is 0 Å². The highest BCUT2D eigenvalue weighted by atomic mass is 16.7. The van der Waals surface area contributed by atoms with Crippen LogP contribution in [-0.2, 0) is 11.2 Å². The van der Waals surface area contributed by atoms with Crippen LogP contribution in [0.15, 0.2) is 42.5 Å². The normalized spacial score (nSPS) is 12.6. The lowest BCUT2D eigenvalue weighted by atomic mass is 10.0. The largest absolute Gasteiger partial charge is 0.454 e. The lowest BCUT2D eigenvalue weighted by Gasteiger charge is -2.07. The number of amides is 1. The van der Waals surface area contributed by atoms with Crippen molar-refractivity contribution in [1.82, 2.24) is 5.32 Å². The number of hydrogen-bond donors (Lipinski definition) is 1. The van der Waals surface area contributed by atoms with Gasteiger partial charge in [-0.05, 0) is 61.6 Å². The van der Waals surface area contributed by atoms with Crippen LogP contribution < -0.4 is 14.8 Å². The number of fused-ring (bicyclic) bond motifs is 1. The van der Waals surface area contributed by atoms with Crippen LogP contribution in [0.2, 0.25) is 0 Å². The van der Waals surface area contributed by atoms with Gasteiger partial charge < -0.3 is 14.8 Å². The summed E-state index contributed by atoms with van der Waals surface area (Å²) in [6.07, 6.45) is 5.22. The van der Waals surface area contributed by atoms with Gasteiger partial charge in [-0.3, -0.25) is 4.79 Å². The predicted octanol–water partition coefficient (Wildman–Crippen LogP) is 3.79. The Morgan fingerprint density at radius 2 is 1.96 bits per heavy atom. The maximum absolute atomic E-state index is 11.9. The van der Waals surface area contributed by atoms with Gasteiger partial charge in [0.25, 0.3) is 0 Å². The molecule has 0 unspecified atom stereocenters. The summed E-state index contributed by atoms with van der Waals surface area (Å²) in [4.78, 5) is 11.9. The van der Waals surface area contributed by atoms with E-state index in [9.17, 15) is 4.79 Å². The molecule has 0 fully saturated rings. The van der Waals surface area contributed by atoms with Crippen LogP contribution in [0.4, 0.5) is 0 Å². The van der Waals surface area contributed by atoms with E-state index in [-0.39, 0.29) is 12.7 Å². The average molecular weight is 337 g/mol. The number of nitrogens with one attached hydrogen (secondary N) is 1. The first-order chi connectivity index (χ1) is 12.1. The number of rotatable bonds is 6. The summed E-state index contributed by atoms with van der Waals surface area (Å²) in [5.74, 6) is 1.38. The summed E-state index contributed by atoms with van der Waals surface area (Å²) >= 11 is 0. The van der Waals surface area contributed by atoms with Crippen molar-refractivity contribution in [2.24, 2.45) is 0 Å². The molecule has 1 N–H and O–H groups in total. The molecule has 2 aromatic carbocycles. The Kier molecular flexibility index (Phi) is 5.39. The van der Waals surface area contributed by atoms with E-state index in [1.165, 1.54) is 16.7 Å². The SMILES string of the molecule is Cc1ccc(CCCNC(=O)/C=C/c2ccc3c(c2)OCO3)c(C)c1. The van der Waals surface area contributed by atoms with Crippen LogP contribution in [0, 0.1) is 13.8 Å². The molecule has 4 heteroatoms. The summed E-state index contributed by atoms with van der Waals surface area (Å²) < 4.78 is 10.6. The van der Waals surface area contributed by atoms with Crippen molar-refractivity contribution in [3.8, 4) is 11.5 Å². The molecule has 0 saturated carbocycles. The number of aryl methyl sites for hydroxylation is 3. The Bertz CT molecular complexity index is 796.